The first kappa shape index (κ1) is 18.1. The molecule has 0 saturated carbocycles. The number of halogens is 1. The van der Waals surface area contributed by atoms with Crippen molar-refractivity contribution < 1.29 is 14.0 Å². The standard InChI is InChI=1S/C20H22FN3O2/c1-15(25)16-7-8-19(18(21)13-16)24-11-9-23(10-12-24)14-20(26)22-17-5-3-2-4-6-17/h2-8,13H,9-12,14H2,1H3,(H,22,26). The molecule has 0 atom stereocenters. The van der Waals surface area contributed by atoms with Crippen molar-refractivity contribution >= 4 is 23.1 Å². The summed E-state index contributed by atoms with van der Waals surface area (Å²) >= 11 is 0. The number of carbonyl (C=O) groups excluding carboxylic acids is 2. The lowest BCUT2D eigenvalue weighted by Crippen LogP contribution is -2.48. The number of hydrogen-bond acceptors (Lipinski definition) is 4. The molecule has 1 aliphatic rings. The molecule has 0 unspecified atom stereocenters. The summed E-state index contributed by atoms with van der Waals surface area (Å²) in [7, 11) is 0. The van der Waals surface area contributed by atoms with Gasteiger partial charge in [-0.05, 0) is 37.3 Å². The van der Waals surface area contributed by atoms with E-state index in [-0.39, 0.29) is 17.5 Å². The fourth-order valence-electron chi connectivity index (χ4n) is 3.05. The largest absolute Gasteiger partial charge is 0.367 e. The predicted molar refractivity (Wildman–Crippen MR) is 100 cm³/mol. The summed E-state index contributed by atoms with van der Waals surface area (Å²) in [5.74, 6) is -0.584. The van der Waals surface area contributed by atoms with Crippen molar-refractivity contribution in [3.63, 3.8) is 0 Å². The lowest BCUT2D eigenvalue weighted by atomic mass is 10.1. The Morgan fingerprint density at radius 3 is 2.35 bits per heavy atom. The molecule has 6 heteroatoms. The third-order valence-corrected chi connectivity index (χ3v) is 4.49. The maximum Gasteiger partial charge on any atom is 0.238 e. The van der Waals surface area contributed by atoms with Crippen LogP contribution in [0.25, 0.3) is 0 Å². The van der Waals surface area contributed by atoms with Gasteiger partial charge in [0, 0.05) is 37.4 Å². The first-order valence-corrected chi connectivity index (χ1v) is 8.65. The highest BCUT2D eigenvalue weighted by atomic mass is 19.1. The van der Waals surface area contributed by atoms with Crippen molar-refractivity contribution in [3.05, 3.63) is 59.9 Å². The van der Waals surface area contributed by atoms with Gasteiger partial charge in [-0.15, -0.1) is 0 Å². The van der Waals surface area contributed by atoms with Gasteiger partial charge in [0.25, 0.3) is 0 Å². The molecule has 1 fully saturated rings. The Labute approximate surface area is 152 Å². The van der Waals surface area contributed by atoms with Crippen LogP contribution in [0.4, 0.5) is 15.8 Å². The highest BCUT2D eigenvalue weighted by Gasteiger charge is 2.21. The SMILES string of the molecule is CC(=O)c1ccc(N2CCN(CC(=O)Nc3ccccc3)CC2)c(F)c1. The quantitative estimate of drug-likeness (QED) is 0.838. The molecular weight excluding hydrogens is 333 g/mol. The van der Waals surface area contributed by atoms with Gasteiger partial charge in [0.15, 0.2) is 5.78 Å². The summed E-state index contributed by atoms with van der Waals surface area (Å²) in [4.78, 5) is 27.5. The van der Waals surface area contributed by atoms with Crippen LogP contribution in [-0.2, 0) is 4.79 Å². The average Bonchev–Trinajstić information content (AvgIpc) is 2.63. The highest BCUT2D eigenvalue weighted by Crippen LogP contribution is 2.22. The molecule has 0 radical (unpaired) electrons. The van der Waals surface area contributed by atoms with E-state index in [0.29, 0.717) is 44.0 Å². The van der Waals surface area contributed by atoms with Crippen molar-refractivity contribution in [1.82, 2.24) is 4.90 Å². The van der Waals surface area contributed by atoms with Crippen molar-refractivity contribution in [1.29, 1.82) is 0 Å². The second kappa shape index (κ2) is 8.10. The van der Waals surface area contributed by atoms with Crippen LogP contribution in [0.15, 0.2) is 48.5 Å². The third kappa shape index (κ3) is 4.46. The van der Waals surface area contributed by atoms with E-state index in [9.17, 15) is 14.0 Å². The van der Waals surface area contributed by atoms with Crippen LogP contribution in [0.1, 0.15) is 17.3 Å². The number of amides is 1. The van der Waals surface area contributed by atoms with E-state index in [1.807, 2.05) is 35.2 Å². The maximum atomic E-state index is 14.3. The molecule has 5 nitrogen and oxygen atoms in total. The molecule has 1 heterocycles. The van der Waals surface area contributed by atoms with Gasteiger partial charge in [-0.1, -0.05) is 18.2 Å². The Balaban J connectivity index is 1.53. The number of hydrogen-bond donors (Lipinski definition) is 1. The summed E-state index contributed by atoms with van der Waals surface area (Å²) in [6.45, 7) is 4.36. The second-order valence-corrected chi connectivity index (χ2v) is 6.40. The number of rotatable bonds is 5. The van der Waals surface area contributed by atoms with Crippen LogP contribution in [-0.4, -0.2) is 49.3 Å². The number of para-hydroxylation sites is 1. The molecule has 1 amide bonds. The molecule has 0 aliphatic carbocycles. The van der Waals surface area contributed by atoms with Crippen LogP contribution in [0.3, 0.4) is 0 Å². The van der Waals surface area contributed by atoms with Crippen molar-refractivity contribution in [3.8, 4) is 0 Å². The van der Waals surface area contributed by atoms with Gasteiger partial charge in [0.1, 0.15) is 5.82 Å². The van der Waals surface area contributed by atoms with Crippen LogP contribution < -0.4 is 10.2 Å². The Morgan fingerprint density at radius 2 is 1.73 bits per heavy atom. The molecule has 3 rings (SSSR count). The number of nitrogens with zero attached hydrogens (tertiary/aromatic N) is 2. The zero-order valence-corrected chi connectivity index (χ0v) is 14.7. The monoisotopic (exact) mass is 355 g/mol. The maximum absolute atomic E-state index is 14.3. The summed E-state index contributed by atoms with van der Waals surface area (Å²) in [6, 6.07) is 14.0. The van der Waals surface area contributed by atoms with Crippen LogP contribution in [0, 0.1) is 5.82 Å². The van der Waals surface area contributed by atoms with Crippen LogP contribution in [0.2, 0.25) is 0 Å². The molecule has 0 bridgehead atoms. The molecule has 2 aromatic rings. The van der Waals surface area contributed by atoms with Gasteiger partial charge in [0.2, 0.25) is 5.91 Å². The Hall–Kier alpha value is -2.73. The van der Waals surface area contributed by atoms with Gasteiger partial charge >= 0.3 is 0 Å². The smallest absolute Gasteiger partial charge is 0.238 e. The number of piperazine rings is 1. The van der Waals surface area contributed by atoms with Crippen molar-refractivity contribution in [2.45, 2.75) is 6.92 Å². The summed E-state index contributed by atoms with van der Waals surface area (Å²) < 4.78 is 14.3. The first-order chi connectivity index (χ1) is 12.5. The Bertz CT molecular complexity index is 787. The highest BCUT2D eigenvalue weighted by molar-refractivity contribution is 5.94. The minimum atomic E-state index is -0.382. The minimum Gasteiger partial charge on any atom is -0.367 e. The summed E-state index contributed by atoms with van der Waals surface area (Å²) in [6.07, 6.45) is 0. The van der Waals surface area contributed by atoms with E-state index < -0.39 is 0 Å². The number of ketones is 1. The average molecular weight is 355 g/mol. The normalized spacial score (nSPS) is 14.9. The fraction of sp³-hybridized carbons (Fsp3) is 0.300. The molecule has 1 N–H and O–H groups in total. The first-order valence-electron chi connectivity index (χ1n) is 8.65. The molecule has 1 aliphatic heterocycles. The van der Waals surface area contributed by atoms with E-state index in [1.54, 1.807) is 12.1 Å². The molecule has 0 spiro atoms. The van der Waals surface area contributed by atoms with Crippen molar-refractivity contribution in [2.75, 3.05) is 42.9 Å². The van der Waals surface area contributed by atoms with E-state index in [1.165, 1.54) is 13.0 Å². The molecule has 0 aromatic heterocycles. The predicted octanol–water partition coefficient (Wildman–Crippen LogP) is 2.79. The topological polar surface area (TPSA) is 52.7 Å². The van der Waals surface area contributed by atoms with Crippen LogP contribution in [0.5, 0.6) is 0 Å². The van der Waals surface area contributed by atoms with E-state index in [2.05, 4.69) is 10.2 Å². The van der Waals surface area contributed by atoms with E-state index >= 15 is 0 Å². The second-order valence-electron chi connectivity index (χ2n) is 6.40. The van der Waals surface area contributed by atoms with E-state index in [0.717, 1.165) is 5.69 Å². The molecule has 1 saturated heterocycles. The summed E-state index contributed by atoms with van der Waals surface area (Å²) in [5.41, 5.74) is 1.66. The lowest BCUT2D eigenvalue weighted by molar-refractivity contribution is -0.117. The number of Topliss-reactive ketones (excluding diaryl/α,β-unsaturated/α-hetero) is 1. The van der Waals surface area contributed by atoms with Gasteiger partial charge in [-0.25, -0.2) is 4.39 Å². The van der Waals surface area contributed by atoms with Gasteiger partial charge < -0.3 is 10.2 Å². The van der Waals surface area contributed by atoms with Gasteiger partial charge in [0.05, 0.1) is 12.2 Å². The molecule has 136 valence electrons. The third-order valence-electron chi connectivity index (χ3n) is 4.49. The number of nitrogens with one attached hydrogen (secondary N) is 1. The van der Waals surface area contributed by atoms with Crippen molar-refractivity contribution in [2.24, 2.45) is 0 Å². The lowest BCUT2D eigenvalue weighted by Gasteiger charge is -2.35. The Kier molecular flexibility index (Phi) is 5.63. The zero-order chi connectivity index (χ0) is 18.5. The van der Waals surface area contributed by atoms with E-state index in [4.69, 9.17) is 0 Å². The minimum absolute atomic E-state index is 0.0540. The summed E-state index contributed by atoms with van der Waals surface area (Å²) in [5, 5.41) is 2.87. The fourth-order valence-corrected chi connectivity index (χ4v) is 3.05. The molecular formula is C20H22FN3O2. The number of carbonyl (C=O) groups is 2. The van der Waals surface area contributed by atoms with Gasteiger partial charge in [-0.3, -0.25) is 14.5 Å². The Morgan fingerprint density at radius 1 is 1.04 bits per heavy atom. The number of benzene rings is 2. The molecule has 2 aromatic carbocycles. The zero-order valence-electron chi connectivity index (χ0n) is 14.7. The van der Waals surface area contributed by atoms with Gasteiger partial charge in [-0.2, -0.15) is 0 Å². The number of anilines is 2. The molecule has 26 heavy (non-hydrogen) atoms. The van der Waals surface area contributed by atoms with Crippen LogP contribution >= 0.6 is 0 Å².